The Morgan fingerprint density at radius 1 is 1.06 bits per heavy atom. The van der Waals surface area contributed by atoms with E-state index >= 15 is 0 Å². The number of piperidine rings is 1. The van der Waals surface area contributed by atoms with Gasteiger partial charge in [0.15, 0.2) is 4.80 Å². The number of methoxy groups -OCH3 is 1. The lowest BCUT2D eigenvalue weighted by atomic mass is 10.2. The first-order valence-electron chi connectivity index (χ1n) is 10.2. The second-order valence-corrected chi connectivity index (χ2v) is 10.5. The Balaban J connectivity index is 1.66. The number of fused-ring (bicyclic) bond motifs is 1. The highest BCUT2D eigenvalue weighted by Gasteiger charge is 2.26. The number of carbonyl (C=O) groups is 1. The molecular weight excluding hydrogens is 434 g/mol. The third-order valence-corrected chi connectivity index (χ3v) is 8.76. The molecule has 0 unspecified atom stereocenters. The molecule has 1 amide bonds. The molecule has 1 aliphatic rings. The zero-order valence-corrected chi connectivity index (χ0v) is 19.4. The van der Waals surface area contributed by atoms with Gasteiger partial charge >= 0.3 is 0 Å². The fourth-order valence-corrected chi connectivity index (χ4v) is 6.41. The summed E-state index contributed by atoms with van der Waals surface area (Å²) in [6.45, 7) is 3.10. The van der Waals surface area contributed by atoms with Crippen LogP contribution in [0.2, 0.25) is 0 Å². The molecule has 164 valence electrons. The van der Waals surface area contributed by atoms with E-state index < -0.39 is 15.9 Å². The number of benzene rings is 2. The molecule has 1 aliphatic heterocycles. The molecule has 0 spiro atoms. The van der Waals surface area contributed by atoms with Crippen molar-refractivity contribution in [1.29, 1.82) is 0 Å². The van der Waals surface area contributed by atoms with Gasteiger partial charge in [0.25, 0.3) is 5.91 Å². The van der Waals surface area contributed by atoms with E-state index in [4.69, 9.17) is 4.74 Å². The molecule has 0 radical (unpaired) electrons. The smallest absolute Gasteiger partial charge is 0.279 e. The second kappa shape index (κ2) is 8.57. The van der Waals surface area contributed by atoms with Crippen LogP contribution >= 0.6 is 11.3 Å². The molecule has 2 heterocycles. The third-order valence-electron chi connectivity index (χ3n) is 5.58. The van der Waals surface area contributed by atoms with E-state index in [-0.39, 0.29) is 4.90 Å². The molecule has 1 saturated heterocycles. The van der Waals surface area contributed by atoms with Crippen molar-refractivity contribution in [2.75, 3.05) is 20.2 Å². The number of aryl methyl sites for hydroxylation is 2. The summed E-state index contributed by atoms with van der Waals surface area (Å²) in [7, 11) is -0.0617. The van der Waals surface area contributed by atoms with Crippen LogP contribution < -0.4 is 9.54 Å². The van der Waals surface area contributed by atoms with Crippen LogP contribution in [0.25, 0.3) is 10.2 Å². The molecule has 9 heteroatoms. The van der Waals surface area contributed by atoms with Crippen molar-refractivity contribution < 1.29 is 17.9 Å². The molecule has 0 aliphatic carbocycles. The minimum absolute atomic E-state index is 0.207. The third kappa shape index (κ3) is 4.05. The maximum absolute atomic E-state index is 12.8. The van der Waals surface area contributed by atoms with Crippen LogP contribution in [0.5, 0.6) is 5.75 Å². The predicted molar refractivity (Wildman–Crippen MR) is 121 cm³/mol. The maximum atomic E-state index is 12.8. The van der Waals surface area contributed by atoms with Crippen LogP contribution in [0.4, 0.5) is 0 Å². The largest absolute Gasteiger partial charge is 0.495 e. The Kier molecular flexibility index (Phi) is 6.00. The van der Waals surface area contributed by atoms with Crippen molar-refractivity contribution in [1.82, 2.24) is 8.87 Å². The van der Waals surface area contributed by atoms with Crippen molar-refractivity contribution >= 4 is 37.5 Å². The van der Waals surface area contributed by atoms with Gasteiger partial charge in [-0.1, -0.05) is 23.8 Å². The van der Waals surface area contributed by atoms with Gasteiger partial charge in [-0.15, -0.1) is 0 Å². The summed E-state index contributed by atoms with van der Waals surface area (Å²) < 4.78 is 35.4. The average molecular weight is 460 g/mol. The lowest BCUT2D eigenvalue weighted by molar-refractivity contribution is 0.0998. The van der Waals surface area contributed by atoms with Gasteiger partial charge in [-0.05, 0) is 55.7 Å². The summed E-state index contributed by atoms with van der Waals surface area (Å²) in [5.74, 6) is 0.307. The maximum Gasteiger partial charge on any atom is 0.279 e. The first-order valence-corrected chi connectivity index (χ1v) is 12.4. The summed E-state index contributed by atoms with van der Waals surface area (Å²) in [6, 6.07) is 9.92. The van der Waals surface area contributed by atoms with Crippen LogP contribution in [-0.2, 0) is 17.1 Å². The zero-order valence-electron chi connectivity index (χ0n) is 17.8. The molecule has 0 bridgehead atoms. The number of carbonyl (C=O) groups excluding carboxylic acids is 1. The molecular formula is C22H25N3O4S2. The standard InChI is InChI=1S/C22H25N3O4S2/c1-15-7-12-18(29-3)19-20(15)30-22(24(19)2)23-21(26)16-8-10-17(11-9-16)31(27,28)25-13-5-4-6-14-25/h7-12H,4-6,13-14H2,1-3H3. The van der Waals surface area contributed by atoms with Crippen molar-refractivity contribution in [2.45, 2.75) is 31.1 Å². The Morgan fingerprint density at radius 2 is 1.74 bits per heavy atom. The molecule has 4 rings (SSSR count). The van der Waals surface area contributed by atoms with Crippen molar-refractivity contribution in [3.8, 4) is 5.75 Å². The van der Waals surface area contributed by atoms with Crippen molar-refractivity contribution in [2.24, 2.45) is 12.0 Å². The second-order valence-electron chi connectivity index (χ2n) is 7.61. The molecule has 1 fully saturated rings. The lowest BCUT2D eigenvalue weighted by Crippen LogP contribution is -2.35. The highest BCUT2D eigenvalue weighted by atomic mass is 32.2. The molecule has 7 nitrogen and oxygen atoms in total. The monoisotopic (exact) mass is 459 g/mol. The van der Waals surface area contributed by atoms with Gasteiger partial charge in [0.1, 0.15) is 11.3 Å². The number of hydrogen-bond donors (Lipinski definition) is 0. The van der Waals surface area contributed by atoms with E-state index in [0.29, 0.717) is 23.5 Å². The number of thiazole rings is 1. The number of sulfonamides is 1. The topological polar surface area (TPSA) is 81.0 Å². The predicted octanol–water partition coefficient (Wildman–Crippen LogP) is 3.47. The molecule has 0 saturated carbocycles. The summed E-state index contributed by atoms with van der Waals surface area (Å²) in [5, 5.41) is 0. The van der Waals surface area contributed by atoms with Crippen LogP contribution in [0.3, 0.4) is 0 Å². The highest BCUT2D eigenvalue weighted by molar-refractivity contribution is 7.89. The minimum atomic E-state index is -3.52. The van der Waals surface area contributed by atoms with Gasteiger partial charge in [-0.2, -0.15) is 9.30 Å². The number of nitrogens with zero attached hydrogens (tertiary/aromatic N) is 3. The van der Waals surface area contributed by atoms with E-state index in [1.165, 1.54) is 39.9 Å². The normalized spacial score (nSPS) is 16.0. The summed E-state index contributed by atoms with van der Waals surface area (Å²) in [5.41, 5.74) is 2.32. The van der Waals surface area contributed by atoms with Crippen molar-refractivity contribution in [3.05, 3.63) is 52.3 Å². The Labute approximate surface area is 185 Å². The fraction of sp³-hybridized carbons (Fsp3) is 0.364. The number of rotatable bonds is 4. The summed E-state index contributed by atoms with van der Waals surface area (Å²) in [4.78, 5) is 17.8. The lowest BCUT2D eigenvalue weighted by Gasteiger charge is -2.25. The molecule has 0 N–H and O–H groups in total. The zero-order chi connectivity index (χ0) is 22.2. The van der Waals surface area contributed by atoms with E-state index in [1.54, 1.807) is 7.11 Å². The van der Waals surface area contributed by atoms with E-state index in [9.17, 15) is 13.2 Å². The van der Waals surface area contributed by atoms with E-state index in [1.807, 2.05) is 30.7 Å². The molecule has 0 atom stereocenters. The summed E-state index contributed by atoms with van der Waals surface area (Å²) >= 11 is 1.42. The fourth-order valence-electron chi connectivity index (χ4n) is 3.79. The summed E-state index contributed by atoms with van der Waals surface area (Å²) in [6.07, 6.45) is 2.82. The highest BCUT2D eigenvalue weighted by Crippen LogP contribution is 2.29. The molecule has 3 aromatic rings. The average Bonchev–Trinajstić information content (AvgIpc) is 3.12. The number of amides is 1. The number of ether oxygens (including phenoxy) is 1. The molecule has 31 heavy (non-hydrogen) atoms. The Hall–Kier alpha value is -2.49. The van der Waals surface area contributed by atoms with Gasteiger partial charge in [0.2, 0.25) is 10.0 Å². The minimum Gasteiger partial charge on any atom is -0.495 e. The first-order chi connectivity index (χ1) is 14.8. The SMILES string of the molecule is COc1ccc(C)c2sc(=NC(=O)c3ccc(S(=O)(=O)N4CCCCC4)cc3)n(C)c12. The van der Waals surface area contributed by atoms with Crippen LogP contribution in [0, 0.1) is 6.92 Å². The first kappa shape index (κ1) is 21.7. The van der Waals surface area contributed by atoms with E-state index in [2.05, 4.69) is 4.99 Å². The van der Waals surface area contributed by atoms with Gasteiger partial charge < -0.3 is 9.30 Å². The van der Waals surface area contributed by atoms with Crippen LogP contribution in [0.1, 0.15) is 35.2 Å². The number of hydrogen-bond acceptors (Lipinski definition) is 5. The van der Waals surface area contributed by atoms with Crippen molar-refractivity contribution in [3.63, 3.8) is 0 Å². The van der Waals surface area contributed by atoms with E-state index in [0.717, 1.165) is 40.8 Å². The van der Waals surface area contributed by atoms with Crippen LogP contribution in [-0.4, -0.2) is 43.4 Å². The van der Waals surface area contributed by atoms with Crippen LogP contribution in [0.15, 0.2) is 46.3 Å². The molecule has 2 aromatic carbocycles. The quantitative estimate of drug-likeness (QED) is 0.598. The van der Waals surface area contributed by atoms with Gasteiger partial charge in [-0.25, -0.2) is 8.42 Å². The number of aromatic nitrogens is 1. The Morgan fingerprint density at radius 3 is 2.39 bits per heavy atom. The van der Waals surface area contributed by atoms with Gasteiger partial charge in [-0.3, -0.25) is 4.79 Å². The Bertz CT molecular complexity index is 1300. The van der Waals surface area contributed by atoms with Gasteiger partial charge in [0, 0.05) is 25.7 Å². The molecule has 1 aromatic heterocycles. The van der Waals surface area contributed by atoms with Gasteiger partial charge in [0.05, 0.1) is 16.7 Å².